The lowest BCUT2D eigenvalue weighted by atomic mass is 10.3. The molecule has 1 aliphatic heterocycles. The molecule has 1 aromatic heterocycles. The van der Waals surface area contributed by atoms with E-state index in [9.17, 15) is 9.18 Å². The van der Waals surface area contributed by atoms with Gasteiger partial charge in [-0.1, -0.05) is 0 Å². The maximum Gasteiger partial charge on any atom is 0.346 e. The molecule has 0 saturated carbocycles. The molecular weight excluding hydrogens is 213 g/mol. The first kappa shape index (κ1) is 10.8. The smallest absolute Gasteiger partial charge is 0.290 e. The molecule has 16 heavy (non-hydrogen) atoms. The summed E-state index contributed by atoms with van der Waals surface area (Å²) in [7, 11) is 0. The highest BCUT2D eigenvalue weighted by Gasteiger charge is 2.17. The predicted octanol–water partition coefficient (Wildman–Crippen LogP) is 1.78. The highest BCUT2D eigenvalue weighted by atomic mass is 19.1. The Labute approximate surface area is 92.2 Å². The number of anilines is 1. The molecule has 1 aromatic rings. The quantitative estimate of drug-likeness (QED) is 0.792. The Hall–Kier alpha value is -1.69. The van der Waals surface area contributed by atoms with Gasteiger partial charge >= 0.3 is 6.03 Å². The second-order valence-electron chi connectivity index (χ2n) is 3.43. The minimum absolute atomic E-state index is 0.306. The third kappa shape index (κ3) is 2.66. The molecule has 1 aliphatic rings. The Kier molecular flexibility index (Phi) is 3.31. The summed E-state index contributed by atoms with van der Waals surface area (Å²) >= 11 is 0. The Morgan fingerprint density at radius 1 is 1.50 bits per heavy atom. The topological polar surface area (TPSA) is 54.5 Å². The SMILES string of the molecule is O=C(Nc1ccc(F)cn1)N1CCCCO1. The second kappa shape index (κ2) is 4.89. The Morgan fingerprint density at radius 3 is 3.00 bits per heavy atom. The molecule has 0 spiro atoms. The summed E-state index contributed by atoms with van der Waals surface area (Å²) in [6.45, 7) is 1.11. The van der Waals surface area contributed by atoms with Crippen molar-refractivity contribution in [2.45, 2.75) is 12.8 Å². The van der Waals surface area contributed by atoms with E-state index in [0.29, 0.717) is 19.0 Å². The summed E-state index contributed by atoms with van der Waals surface area (Å²) in [6.07, 6.45) is 2.93. The van der Waals surface area contributed by atoms with Crippen LogP contribution < -0.4 is 5.32 Å². The van der Waals surface area contributed by atoms with Crippen LogP contribution in [0.25, 0.3) is 0 Å². The van der Waals surface area contributed by atoms with Crippen molar-refractivity contribution in [2.75, 3.05) is 18.5 Å². The molecule has 0 radical (unpaired) electrons. The third-order valence-corrected chi connectivity index (χ3v) is 2.19. The Balaban J connectivity index is 1.93. The van der Waals surface area contributed by atoms with Crippen molar-refractivity contribution in [1.29, 1.82) is 0 Å². The number of aromatic nitrogens is 1. The van der Waals surface area contributed by atoms with Crippen molar-refractivity contribution < 1.29 is 14.0 Å². The lowest BCUT2D eigenvalue weighted by molar-refractivity contribution is -0.135. The van der Waals surface area contributed by atoms with Crippen LogP contribution in [-0.4, -0.2) is 29.2 Å². The van der Waals surface area contributed by atoms with Crippen LogP contribution in [0.5, 0.6) is 0 Å². The van der Waals surface area contributed by atoms with Crippen molar-refractivity contribution in [3.05, 3.63) is 24.1 Å². The molecule has 86 valence electrons. The van der Waals surface area contributed by atoms with Gasteiger partial charge in [0.15, 0.2) is 0 Å². The van der Waals surface area contributed by atoms with E-state index >= 15 is 0 Å². The van der Waals surface area contributed by atoms with Crippen LogP contribution in [0.4, 0.5) is 15.0 Å². The highest BCUT2D eigenvalue weighted by molar-refractivity contribution is 5.87. The average Bonchev–Trinajstić information content (AvgIpc) is 2.33. The summed E-state index contributed by atoms with van der Waals surface area (Å²) < 4.78 is 12.6. The van der Waals surface area contributed by atoms with E-state index < -0.39 is 5.82 Å². The van der Waals surface area contributed by atoms with Crippen molar-refractivity contribution in [2.24, 2.45) is 0 Å². The summed E-state index contributed by atoms with van der Waals surface area (Å²) in [4.78, 5) is 20.5. The number of carbonyl (C=O) groups is 1. The minimum Gasteiger partial charge on any atom is -0.290 e. The van der Waals surface area contributed by atoms with Gasteiger partial charge in [0.05, 0.1) is 19.3 Å². The Bertz CT molecular complexity index is 363. The van der Waals surface area contributed by atoms with Gasteiger partial charge in [-0.15, -0.1) is 0 Å². The van der Waals surface area contributed by atoms with Gasteiger partial charge < -0.3 is 0 Å². The molecule has 0 bridgehead atoms. The summed E-state index contributed by atoms with van der Waals surface area (Å²) in [5.74, 6) is -0.132. The molecule has 2 amide bonds. The number of nitrogens with zero attached hydrogens (tertiary/aromatic N) is 2. The van der Waals surface area contributed by atoms with Crippen LogP contribution in [0.3, 0.4) is 0 Å². The van der Waals surface area contributed by atoms with E-state index in [2.05, 4.69) is 10.3 Å². The number of hydrogen-bond acceptors (Lipinski definition) is 3. The first-order valence-electron chi connectivity index (χ1n) is 5.09. The lowest BCUT2D eigenvalue weighted by Gasteiger charge is -2.25. The van der Waals surface area contributed by atoms with Gasteiger partial charge in [0.25, 0.3) is 0 Å². The van der Waals surface area contributed by atoms with Gasteiger partial charge in [0, 0.05) is 0 Å². The Morgan fingerprint density at radius 2 is 2.38 bits per heavy atom. The second-order valence-corrected chi connectivity index (χ2v) is 3.43. The van der Waals surface area contributed by atoms with E-state index in [0.717, 1.165) is 19.0 Å². The van der Waals surface area contributed by atoms with E-state index in [1.807, 2.05) is 0 Å². The first-order valence-corrected chi connectivity index (χ1v) is 5.09. The van der Waals surface area contributed by atoms with Gasteiger partial charge in [-0.3, -0.25) is 10.2 Å². The zero-order chi connectivity index (χ0) is 11.4. The largest absolute Gasteiger partial charge is 0.346 e. The molecule has 5 nitrogen and oxygen atoms in total. The van der Waals surface area contributed by atoms with Crippen molar-refractivity contribution >= 4 is 11.8 Å². The highest BCUT2D eigenvalue weighted by Crippen LogP contribution is 2.09. The van der Waals surface area contributed by atoms with Crippen LogP contribution in [0.2, 0.25) is 0 Å². The molecule has 0 aromatic carbocycles. The number of hydroxylamine groups is 2. The molecular formula is C10H12FN3O2. The third-order valence-electron chi connectivity index (χ3n) is 2.19. The molecule has 2 heterocycles. The molecule has 2 rings (SSSR count). The van der Waals surface area contributed by atoms with Crippen LogP contribution in [0, 0.1) is 5.82 Å². The molecule has 6 heteroatoms. The van der Waals surface area contributed by atoms with Crippen LogP contribution >= 0.6 is 0 Å². The molecule has 1 fully saturated rings. The zero-order valence-electron chi connectivity index (χ0n) is 8.65. The fourth-order valence-corrected chi connectivity index (χ4v) is 1.38. The van der Waals surface area contributed by atoms with Crippen LogP contribution in [0.15, 0.2) is 18.3 Å². The van der Waals surface area contributed by atoms with Crippen molar-refractivity contribution in [1.82, 2.24) is 10.0 Å². The van der Waals surface area contributed by atoms with Gasteiger partial charge in [-0.2, -0.15) is 0 Å². The fraction of sp³-hybridized carbons (Fsp3) is 0.400. The standard InChI is InChI=1S/C10H12FN3O2/c11-8-3-4-9(12-7-8)13-10(15)14-5-1-2-6-16-14/h3-4,7H,1-2,5-6H2,(H,12,13,15). The normalized spacial score (nSPS) is 15.9. The van der Waals surface area contributed by atoms with E-state index in [4.69, 9.17) is 4.84 Å². The monoisotopic (exact) mass is 225 g/mol. The van der Waals surface area contributed by atoms with E-state index in [1.165, 1.54) is 17.2 Å². The van der Waals surface area contributed by atoms with E-state index in [-0.39, 0.29) is 6.03 Å². The molecule has 0 unspecified atom stereocenters. The zero-order valence-corrected chi connectivity index (χ0v) is 8.65. The van der Waals surface area contributed by atoms with Crippen molar-refractivity contribution in [3.63, 3.8) is 0 Å². The van der Waals surface area contributed by atoms with E-state index in [1.54, 1.807) is 0 Å². The van der Waals surface area contributed by atoms with Crippen LogP contribution in [0.1, 0.15) is 12.8 Å². The average molecular weight is 225 g/mol. The lowest BCUT2D eigenvalue weighted by Crippen LogP contribution is -2.38. The molecule has 0 aliphatic carbocycles. The molecule has 0 atom stereocenters. The first-order chi connectivity index (χ1) is 7.75. The number of hydrogen-bond donors (Lipinski definition) is 1. The number of carbonyl (C=O) groups excluding carboxylic acids is 1. The maximum atomic E-state index is 12.6. The van der Waals surface area contributed by atoms with Gasteiger partial charge in [0.2, 0.25) is 0 Å². The number of nitrogens with one attached hydrogen (secondary N) is 1. The summed E-state index contributed by atoms with van der Waals surface area (Å²) in [6, 6.07) is 2.26. The minimum atomic E-state index is -0.438. The summed E-state index contributed by atoms with van der Waals surface area (Å²) in [5, 5.41) is 3.78. The van der Waals surface area contributed by atoms with Gasteiger partial charge in [-0.25, -0.2) is 19.2 Å². The van der Waals surface area contributed by atoms with Gasteiger partial charge in [0.1, 0.15) is 11.6 Å². The maximum absolute atomic E-state index is 12.6. The predicted molar refractivity (Wildman–Crippen MR) is 55.1 cm³/mol. The summed E-state index contributed by atoms with van der Waals surface area (Å²) in [5.41, 5.74) is 0. The van der Waals surface area contributed by atoms with Crippen molar-refractivity contribution in [3.8, 4) is 0 Å². The fourth-order valence-electron chi connectivity index (χ4n) is 1.38. The molecule has 1 saturated heterocycles. The number of pyridine rings is 1. The number of rotatable bonds is 1. The van der Waals surface area contributed by atoms with Gasteiger partial charge in [-0.05, 0) is 25.0 Å². The molecule has 1 N–H and O–H groups in total. The number of halogens is 1. The number of urea groups is 1. The number of amides is 2. The van der Waals surface area contributed by atoms with Crippen LogP contribution in [-0.2, 0) is 4.84 Å².